The summed E-state index contributed by atoms with van der Waals surface area (Å²) in [6.45, 7) is 1.88. The van der Waals surface area contributed by atoms with E-state index >= 15 is 0 Å². The molecule has 9 heteroatoms. The molecule has 1 aliphatic rings. The Balaban J connectivity index is 0.00000242. The topological polar surface area (TPSA) is 58.6 Å². The molecule has 5 nitrogen and oxygen atoms in total. The van der Waals surface area contributed by atoms with Crippen LogP contribution in [0.1, 0.15) is 6.42 Å². The summed E-state index contributed by atoms with van der Waals surface area (Å²) in [7, 11) is -0.187. The number of halogens is 3. The minimum Gasteiger partial charge on any atom is -0.495 e. The molecule has 0 saturated carbocycles. The van der Waals surface area contributed by atoms with E-state index in [-0.39, 0.29) is 22.3 Å². The molecule has 1 fully saturated rings. The Hall–Kier alpha value is -0.0500. The summed E-state index contributed by atoms with van der Waals surface area (Å²) in [4.78, 5) is 0.179. The highest BCUT2D eigenvalue weighted by Crippen LogP contribution is 2.36. The third-order valence-electron chi connectivity index (χ3n) is 3.57. The van der Waals surface area contributed by atoms with E-state index in [1.54, 1.807) is 6.07 Å². The third-order valence-corrected chi connectivity index (χ3v) is 6.68. The predicted octanol–water partition coefficient (Wildman–Crippen LogP) is 2.76. The fourth-order valence-electron chi connectivity index (χ4n) is 2.47. The van der Waals surface area contributed by atoms with E-state index in [0.717, 1.165) is 13.0 Å². The fraction of sp³-hybridized carbons (Fsp3) is 0.538. The average Bonchev–Trinajstić information content (AvgIpc) is 2.90. The molecule has 22 heavy (non-hydrogen) atoms. The number of benzene rings is 1. The molecule has 1 heterocycles. The maximum atomic E-state index is 12.7. The Morgan fingerprint density at radius 2 is 2.18 bits per heavy atom. The summed E-state index contributed by atoms with van der Waals surface area (Å²) in [6, 6.07) is 3.02. The minimum atomic E-state index is -3.55. The van der Waals surface area contributed by atoms with Crippen molar-refractivity contribution in [3.8, 4) is 5.75 Å². The van der Waals surface area contributed by atoms with Gasteiger partial charge >= 0.3 is 0 Å². The van der Waals surface area contributed by atoms with Crippen molar-refractivity contribution in [1.82, 2.24) is 9.62 Å². The van der Waals surface area contributed by atoms with Crippen molar-refractivity contribution in [3.05, 3.63) is 21.6 Å². The van der Waals surface area contributed by atoms with Gasteiger partial charge in [-0.2, -0.15) is 4.31 Å². The number of nitrogens with one attached hydrogen (secondary N) is 1. The van der Waals surface area contributed by atoms with Crippen molar-refractivity contribution in [1.29, 1.82) is 0 Å². The van der Waals surface area contributed by atoms with Gasteiger partial charge in [-0.25, -0.2) is 8.42 Å². The van der Waals surface area contributed by atoms with Gasteiger partial charge in [0.05, 0.1) is 17.0 Å². The van der Waals surface area contributed by atoms with Gasteiger partial charge in [-0.05, 0) is 54.0 Å². The van der Waals surface area contributed by atoms with Crippen LogP contribution in [0.25, 0.3) is 0 Å². The van der Waals surface area contributed by atoms with Crippen LogP contribution in [-0.2, 0) is 10.0 Å². The van der Waals surface area contributed by atoms with E-state index in [9.17, 15) is 8.42 Å². The van der Waals surface area contributed by atoms with Crippen molar-refractivity contribution >= 4 is 50.0 Å². The molecule has 0 spiro atoms. The quantitative estimate of drug-likeness (QED) is 0.775. The first-order valence-electron chi connectivity index (χ1n) is 6.58. The summed E-state index contributed by atoms with van der Waals surface area (Å²) < 4.78 is 32.5. The first kappa shape index (κ1) is 20.0. The number of ether oxygens (including phenoxy) is 1. The lowest BCUT2D eigenvalue weighted by molar-refractivity contribution is 0.414. The average molecular weight is 434 g/mol. The molecular weight excluding hydrogens is 415 g/mol. The van der Waals surface area contributed by atoms with E-state index in [2.05, 4.69) is 21.2 Å². The van der Waals surface area contributed by atoms with E-state index in [4.69, 9.17) is 16.3 Å². The second-order valence-corrected chi connectivity index (χ2v) is 8.16. The van der Waals surface area contributed by atoms with Gasteiger partial charge in [-0.15, -0.1) is 12.4 Å². The van der Waals surface area contributed by atoms with Gasteiger partial charge < -0.3 is 10.1 Å². The van der Waals surface area contributed by atoms with Crippen LogP contribution in [0.15, 0.2) is 21.5 Å². The van der Waals surface area contributed by atoms with E-state index in [1.807, 2.05) is 7.05 Å². The second kappa shape index (κ2) is 8.17. The lowest BCUT2D eigenvalue weighted by Gasteiger charge is -2.18. The first-order chi connectivity index (χ1) is 9.90. The summed E-state index contributed by atoms with van der Waals surface area (Å²) in [5.74, 6) is 0.786. The molecule has 1 N–H and O–H groups in total. The molecule has 1 aromatic carbocycles. The molecule has 126 valence electrons. The van der Waals surface area contributed by atoms with Crippen molar-refractivity contribution in [3.63, 3.8) is 0 Å². The van der Waals surface area contributed by atoms with E-state index in [0.29, 0.717) is 29.2 Å². The van der Waals surface area contributed by atoms with Crippen LogP contribution in [-0.4, -0.2) is 46.5 Å². The van der Waals surface area contributed by atoms with Gasteiger partial charge in [0.15, 0.2) is 0 Å². The van der Waals surface area contributed by atoms with Crippen LogP contribution in [0.3, 0.4) is 0 Å². The van der Waals surface area contributed by atoms with Gasteiger partial charge in [0.2, 0.25) is 10.0 Å². The van der Waals surface area contributed by atoms with Crippen LogP contribution in [0, 0.1) is 5.92 Å². The fourth-order valence-corrected chi connectivity index (χ4v) is 5.32. The number of rotatable bonds is 5. The SMILES string of the molecule is CNCC1CCN(S(=O)(=O)c2cc(Cl)c(OC)cc2Br)C1.Cl. The van der Waals surface area contributed by atoms with E-state index in [1.165, 1.54) is 17.5 Å². The Kier molecular flexibility index (Phi) is 7.42. The van der Waals surface area contributed by atoms with Crippen molar-refractivity contribution in [2.45, 2.75) is 11.3 Å². The predicted molar refractivity (Wildman–Crippen MR) is 93.7 cm³/mol. The van der Waals surface area contributed by atoms with Crippen LogP contribution < -0.4 is 10.1 Å². The van der Waals surface area contributed by atoms with Crippen LogP contribution in [0.5, 0.6) is 5.75 Å². The maximum absolute atomic E-state index is 12.7. The first-order valence-corrected chi connectivity index (χ1v) is 9.19. The second-order valence-electron chi connectivity index (χ2n) is 4.99. The van der Waals surface area contributed by atoms with Gasteiger partial charge in [-0.1, -0.05) is 11.6 Å². The number of hydrogen-bond acceptors (Lipinski definition) is 4. The maximum Gasteiger partial charge on any atom is 0.244 e. The lowest BCUT2D eigenvalue weighted by Crippen LogP contribution is -2.30. The highest BCUT2D eigenvalue weighted by atomic mass is 79.9. The Morgan fingerprint density at radius 3 is 2.77 bits per heavy atom. The molecule has 0 aromatic heterocycles. The largest absolute Gasteiger partial charge is 0.495 e. The highest BCUT2D eigenvalue weighted by molar-refractivity contribution is 9.10. The molecule has 0 amide bonds. The Bertz CT molecular complexity index is 628. The monoisotopic (exact) mass is 432 g/mol. The molecule has 0 radical (unpaired) electrons. The zero-order chi connectivity index (χ0) is 15.6. The molecule has 0 aliphatic carbocycles. The van der Waals surface area contributed by atoms with E-state index < -0.39 is 10.0 Å². The van der Waals surface area contributed by atoms with Crippen molar-refractivity contribution < 1.29 is 13.2 Å². The third kappa shape index (κ3) is 4.07. The molecule has 1 atom stereocenters. The molecule has 1 aromatic rings. The number of methoxy groups -OCH3 is 1. The summed E-state index contributed by atoms with van der Waals surface area (Å²) in [6.07, 6.45) is 0.863. The zero-order valence-electron chi connectivity index (χ0n) is 12.3. The van der Waals surface area contributed by atoms with Gasteiger partial charge in [0.25, 0.3) is 0 Å². The molecule has 1 saturated heterocycles. The van der Waals surface area contributed by atoms with Crippen LogP contribution in [0.2, 0.25) is 5.02 Å². The lowest BCUT2D eigenvalue weighted by atomic mass is 10.1. The Labute approximate surface area is 150 Å². The van der Waals surface area contributed by atoms with Gasteiger partial charge in [0, 0.05) is 17.6 Å². The molecular formula is C13H19BrCl2N2O3S. The molecule has 1 unspecified atom stereocenters. The standard InChI is InChI=1S/C13H18BrClN2O3S.ClH/c1-16-7-9-3-4-17(8-9)21(18,19)13-6-11(15)12(20-2)5-10(13)14;/h5-6,9,16H,3-4,7-8H2,1-2H3;1H. The van der Waals surface area contributed by atoms with Crippen LogP contribution >= 0.6 is 39.9 Å². The normalized spacial score (nSPS) is 19.0. The summed E-state index contributed by atoms with van der Waals surface area (Å²) in [5, 5.41) is 3.37. The Morgan fingerprint density at radius 1 is 1.50 bits per heavy atom. The van der Waals surface area contributed by atoms with Gasteiger partial charge in [0.1, 0.15) is 5.75 Å². The highest BCUT2D eigenvalue weighted by Gasteiger charge is 2.33. The molecule has 1 aliphatic heterocycles. The zero-order valence-corrected chi connectivity index (χ0v) is 16.3. The molecule has 0 bridgehead atoms. The smallest absolute Gasteiger partial charge is 0.244 e. The van der Waals surface area contributed by atoms with Crippen LogP contribution in [0.4, 0.5) is 0 Å². The van der Waals surface area contributed by atoms with Gasteiger partial charge in [-0.3, -0.25) is 0 Å². The minimum absolute atomic E-state index is 0. The van der Waals surface area contributed by atoms with Crippen molar-refractivity contribution in [2.75, 3.05) is 33.8 Å². The van der Waals surface area contributed by atoms with Crippen molar-refractivity contribution in [2.24, 2.45) is 5.92 Å². The number of sulfonamides is 1. The molecule has 2 rings (SSSR count). The number of nitrogens with zero attached hydrogens (tertiary/aromatic N) is 1. The summed E-state index contributed by atoms with van der Waals surface area (Å²) in [5.41, 5.74) is 0. The number of hydrogen-bond donors (Lipinski definition) is 1. The summed E-state index contributed by atoms with van der Waals surface area (Å²) >= 11 is 9.35.